The molecule has 0 bridgehead atoms. The van der Waals surface area contributed by atoms with Gasteiger partial charge in [0.05, 0.1) is 5.92 Å². The van der Waals surface area contributed by atoms with Gasteiger partial charge in [-0.05, 0) is 25.1 Å². The van der Waals surface area contributed by atoms with Crippen LogP contribution in [-0.2, 0) is 4.79 Å². The monoisotopic (exact) mass is 305 g/mol. The number of phenolic OH excluding ortho intramolecular Hbond substituents is 1. The van der Waals surface area contributed by atoms with E-state index in [0.717, 1.165) is 0 Å². The number of rotatable bonds is 3. The lowest BCUT2D eigenvalue weighted by Gasteiger charge is -2.36. The number of benzene rings is 1. The number of carbonyl (C=O) groups is 2. The van der Waals surface area contributed by atoms with Crippen LogP contribution in [0.1, 0.15) is 24.2 Å². The van der Waals surface area contributed by atoms with Crippen molar-refractivity contribution in [2.45, 2.75) is 19.9 Å². The minimum atomic E-state index is -0.215. The average Bonchev–Trinajstić information content (AvgIpc) is 2.52. The zero-order valence-corrected chi connectivity index (χ0v) is 13.0. The van der Waals surface area contributed by atoms with Crippen molar-refractivity contribution in [3.8, 4) is 5.75 Å². The van der Waals surface area contributed by atoms with Gasteiger partial charge in [-0.25, -0.2) is 0 Å². The highest BCUT2D eigenvalue weighted by Gasteiger charge is 2.28. The zero-order chi connectivity index (χ0) is 16.3. The summed E-state index contributed by atoms with van der Waals surface area (Å²) >= 11 is 0. The van der Waals surface area contributed by atoms with E-state index in [1.54, 1.807) is 21.9 Å². The van der Waals surface area contributed by atoms with Crippen LogP contribution in [0.5, 0.6) is 5.75 Å². The number of phenols is 1. The molecule has 6 heteroatoms. The van der Waals surface area contributed by atoms with Gasteiger partial charge in [-0.2, -0.15) is 0 Å². The third-order valence-corrected chi connectivity index (χ3v) is 4.15. The molecule has 0 aliphatic carbocycles. The number of carbonyl (C=O) groups excluding carboxylic acids is 2. The van der Waals surface area contributed by atoms with Crippen LogP contribution in [0, 0.1) is 5.92 Å². The molecule has 1 aliphatic rings. The molecule has 2 unspecified atom stereocenters. The number of amides is 2. The lowest BCUT2D eigenvalue weighted by molar-refractivity contribution is -0.137. The Labute approximate surface area is 130 Å². The Balaban J connectivity index is 1.95. The molecule has 0 saturated carbocycles. The molecule has 0 radical (unpaired) electrons. The van der Waals surface area contributed by atoms with E-state index in [2.05, 4.69) is 0 Å². The van der Waals surface area contributed by atoms with Gasteiger partial charge in [0.1, 0.15) is 5.75 Å². The van der Waals surface area contributed by atoms with E-state index in [4.69, 9.17) is 5.73 Å². The summed E-state index contributed by atoms with van der Waals surface area (Å²) in [6, 6.07) is 6.13. The fourth-order valence-electron chi connectivity index (χ4n) is 2.46. The quantitative estimate of drug-likeness (QED) is 0.859. The van der Waals surface area contributed by atoms with Crippen molar-refractivity contribution in [1.82, 2.24) is 9.80 Å². The molecule has 3 N–H and O–H groups in total. The van der Waals surface area contributed by atoms with Gasteiger partial charge in [0.25, 0.3) is 5.91 Å². The third-order valence-electron chi connectivity index (χ3n) is 4.15. The Morgan fingerprint density at radius 1 is 1.14 bits per heavy atom. The first-order valence-corrected chi connectivity index (χ1v) is 7.53. The molecular weight excluding hydrogens is 282 g/mol. The highest BCUT2D eigenvalue weighted by molar-refractivity contribution is 5.94. The molecule has 22 heavy (non-hydrogen) atoms. The summed E-state index contributed by atoms with van der Waals surface area (Å²) in [5.41, 5.74) is 6.24. The number of nitrogens with two attached hydrogens (primary N) is 1. The fourth-order valence-corrected chi connectivity index (χ4v) is 2.46. The Hall–Kier alpha value is -2.08. The van der Waals surface area contributed by atoms with E-state index < -0.39 is 0 Å². The maximum absolute atomic E-state index is 12.4. The van der Waals surface area contributed by atoms with Crippen LogP contribution in [-0.4, -0.2) is 58.9 Å². The predicted octanol–water partition coefficient (Wildman–Crippen LogP) is 0.660. The minimum absolute atomic E-state index is 0.0412. The Kier molecular flexibility index (Phi) is 5.03. The molecule has 1 saturated heterocycles. The highest BCUT2D eigenvalue weighted by Crippen LogP contribution is 2.15. The van der Waals surface area contributed by atoms with Crippen molar-refractivity contribution in [1.29, 1.82) is 0 Å². The summed E-state index contributed by atoms with van der Waals surface area (Å²) in [5.74, 6) is -0.221. The van der Waals surface area contributed by atoms with Gasteiger partial charge in [-0.1, -0.05) is 13.0 Å². The number of nitrogens with zero attached hydrogens (tertiary/aromatic N) is 2. The molecule has 1 fully saturated rings. The number of hydrogen-bond donors (Lipinski definition) is 2. The Morgan fingerprint density at radius 3 is 2.27 bits per heavy atom. The van der Waals surface area contributed by atoms with Crippen LogP contribution in [0.15, 0.2) is 24.3 Å². The van der Waals surface area contributed by atoms with E-state index >= 15 is 0 Å². The van der Waals surface area contributed by atoms with E-state index in [1.807, 2.05) is 13.8 Å². The molecular formula is C16H23N3O3. The van der Waals surface area contributed by atoms with Gasteiger partial charge < -0.3 is 20.6 Å². The first kappa shape index (κ1) is 16.3. The van der Waals surface area contributed by atoms with Gasteiger partial charge in [0.15, 0.2) is 0 Å². The summed E-state index contributed by atoms with van der Waals surface area (Å²) in [4.78, 5) is 28.1. The first-order chi connectivity index (χ1) is 10.4. The molecule has 0 aromatic heterocycles. The molecule has 120 valence electrons. The zero-order valence-electron chi connectivity index (χ0n) is 13.0. The van der Waals surface area contributed by atoms with Gasteiger partial charge in [-0.15, -0.1) is 0 Å². The second kappa shape index (κ2) is 6.79. The normalized spacial score (nSPS) is 18.0. The SMILES string of the molecule is CC(N)C(C)C(=O)N1CCN(C(=O)c2cccc(O)c2)CC1. The van der Waals surface area contributed by atoms with E-state index in [1.165, 1.54) is 12.1 Å². The van der Waals surface area contributed by atoms with Crippen molar-refractivity contribution in [2.75, 3.05) is 26.2 Å². The molecule has 1 aromatic rings. The average molecular weight is 305 g/mol. The number of hydrogen-bond acceptors (Lipinski definition) is 4. The van der Waals surface area contributed by atoms with E-state index in [9.17, 15) is 14.7 Å². The maximum Gasteiger partial charge on any atom is 0.254 e. The lowest BCUT2D eigenvalue weighted by Crippen LogP contribution is -2.53. The van der Waals surface area contributed by atoms with Crippen LogP contribution in [0.2, 0.25) is 0 Å². The van der Waals surface area contributed by atoms with Gasteiger partial charge >= 0.3 is 0 Å². The van der Waals surface area contributed by atoms with E-state index in [-0.39, 0.29) is 29.5 Å². The fraction of sp³-hybridized carbons (Fsp3) is 0.500. The van der Waals surface area contributed by atoms with Crippen LogP contribution in [0.25, 0.3) is 0 Å². The van der Waals surface area contributed by atoms with Crippen molar-refractivity contribution in [3.63, 3.8) is 0 Å². The Bertz CT molecular complexity index is 551. The molecule has 2 atom stereocenters. The molecule has 0 spiro atoms. The molecule has 6 nitrogen and oxygen atoms in total. The van der Waals surface area contributed by atoms with Crippen LogP contribution >= 0.6 is 0 Å². The second-order valence-corrected chi connectivity index (χ2v) is 5.82. The molecule has 2 rings (SSSR count). The molecule has 1 heterocycles. The summed E-state index contributed by atoms with van der Waals surface area (Å²) in [5, 5.41) is 9.45. The summed E-state index contributed by atoms with van der Waals surface area (Å²) in [6.45, 7) is 5.67. The number of piperazine rings is 1. The van der Waals surface area contributed by atoms with Gasteiger partial charge in [0, 0.05) is 37.8 Å². The summed E-state index contributed by atoms with van der Waals surface area (Å²) < 4.78 is 0. The van der Waals surface area contributed by atoms with Crippen molar-refractivity contribution >= 4 is 11.8 Å². The third kappa shape index (κ3) is 3.57. The molecule has 1 aromatic carbocycles. The molecule has 2 amide bonds. The second-order valence-electron chi connectivity index (χ2n) is 5.82. The predicted molar refractivity (Wildman–Crippen MR) is 83.4 cm³/mol. The Morgan fingerprint density at radius 2 is 1.73 bits per heavy atom. The van der Waals surface area contributed by atoms with Crippen LogP contribution in [0.4, 0.5) is 0 Å². The largest absolute Gasteiger partial charge is 0.508 e. The summed E-state index contributed by atoms with van der Waals surface area (Å²) in [7, 11) is 0. The van der Waals surface area contributed by atoms with Crippen LogP contribution in [0.3, 0.4) is 0 Å². The van der Waals surface area contributed by atoms with Gasteiger partial charge in [0.2, 0.25) is 5.91 Å². The number of aromatic hydroxyl groups is 1. The molecule has 1 aliphatic heterocycles. The van der Waals surface area contributed by atoms with Crippen molar-refractivity contribution < 1.29 is 14.7 Å². The highest BCUT2D eigenvalue weighted by atomic mass is 16.3. The first-order valence-electron chi connectivity index (χ1n) is 7.53. The summed E-state index contributed by atoms with van der Waals surface area (Å²) in [6.07, 6.45) is 0. The van der Waals surface area contributed by atoms with E-state index in [0.29, 0.717) is 31.7 Å². The van der Waals surface area contributed by atoms with Crippen molar-refractivity contribution in [3.05, 3.63) is 29.8 Å². The minimum Gasteiger partial charge on any atom is -0.508 e. The lowest BCUT2D eigenvalue weighted by atomic mass is 10.0. The van der Waals surface area contributed by atoms with Gasteiger partial charge in [-0.3, -0.25) is 9.59 Å². The van der Waals surface area contributed by atoms with Crippen LogP contribution < -0.4 is 5.73 Å². The maximum atomic E-state index is 12.4. The smallest absolute Gasteiger partial charge is 0.254 e. The standard InChI is InChI=1S/C16H23N3O3/c1-11(12(2)17)15(21)18-6-8-19(9-7-18)16(22)13-4-3-5-14(20)10-13/h3-5,10-12,20H,6-9,17H2,1-2H3. The van der Waals surface area contributed by atoms with Crippen molar-refractivity contribution in [2.24, 2.45) is 11.7 Å². The topological polar surface area (TPSA) is 86.9 Å².